The van der Waals surface area contributed by atoms with Crippen LogP contribution in [0.25, 0.3) is 0 Å². The number of halogens is 1. The van der Waals surface area contributed by atoms with E-state index in [1.165, 1.54) is 10.6 Å². The summed E-state index contributed by atoms with van der Waals surface area (Å²) in [6.07, 6.45) is 0.536. The van der Waals surface area contributed by atoms with Crippen molar-refractivity contribution >= 4 is 34.5 Å². The van der Waals surface area contributed by atoms with Crippen LogP contribution >= 0.6 is 22.9 Å². The first-order chi connectivity index (χ1) is 10.2. The third-order valence-corrected chi connectivity index (χ3v) is 5.01. The molecule has 0 aliphatic carbocycles. The summed E-state index contributed by atoms with van der Waals surface area (Å²) < 4.78 is 0. The molecule has 2 aromatic rings. The Morgan fingerprint density at radius 1 is 1.19 bits per heavy atom. The molecule has 3 nitrogen and oxygen atoms in total. The van der Waals surface area contributed by atoms with Gasteiger partial charge in [-0.15, -0.1) is 11.3 Å². The zero-order chi connectivity index (χ0) is 14.7. The zero-order valence-corrected chi connectivity index (χ0v) is 13.3. The van der Waals surface area contributed by atoms with E-state index < -0.39 is 0 Å². The molecule has 0 unspecified atom stereocenters. The van der Waals surface area contributed by atoms with Gasteiger partial charge in [-0.25, -0.2) is 0 Å². The lowest BCUT2D eigenvalue weighted by Gasteiger charge is -2.32. The first-order valence-corrected chi connectivity index (χ1v) is 8.39. The average molecular weight is 322 g/mol. The molecule has 0 spiro atoms. The monoisotopic (exact) mass is 321 g/mol. The summed E-state index contributed by atoms with van der Waals surface area (Å²) >= 11 is 7.57. The Balaban J connectivity index is 1.55. The second kappa shape index (κ2) is 6.60. The summed E-state index contributed by atoms with van der Waals surface area (Å²) in [5.41, 5.74) is 1.25. The van der Waals surface area contributed by atoms with Crippen molar-refractivity contribution < 1.29 is 9.69 Å². The van der Waals surface area contributed by atoms with Crippen molar-refractivity contribution in [3.05, 3.63) is 51.7 Å². The number of nitrogens with zero attached hydrogens (tertiary/aromatic N) is 1. The van der Waals surface area contributed by atoms with Crippen molar-refractivity contribution in [1.29, 1.82) is 0 Å². The third kappa shape index (κ3) is 3.64. The fraction of sp³-hybridized carbons (Fsp3) is 0.312. The van der Waals surface area contributed by atoms with Crippen LogP contribution in [-0.2, 0) is 11.2 Å². The highest BCUT2D eigenvalue weighted by atomic mass is 35.5. The molecular weight excluding hydrogens is 304 g/mol. The number of hydrogen-bond donors (Lipinski definition) is 1. The molecule has 1 saturated heterocycles. The molecule has 1 aromatic heterocycles. The highest BCUT2D eigenvalue weighted by molar-refractivity contribution is 7.10. The maximum atomic E-state index is 12.3. The first kappa shape index (κ1) is 14.6. The summed E-state index contributed by atoms with van der Waals surface area (Å²) in [6, 6.07) is 12.0. The third-order valence-electron chi connectivity index (χ3n) is 3.88. The molecule has 0 radical (unpaired) electrons. The van der Waals surface area contributed by atoms with Gasteiger partial charge in [0.25, 0.3) is 0 Å². The fourth-order valence-corrected chi connectivity index (χ4v) is 3.50. The van der Waals surface area contributed by atoms with Crippen LogP contribution in [0.15, 0.2) is 41.8 Å². The normalized spacial score (nSPS) is 16.1. The number of thiophene rings is 1. The molecule has 2 heterocycles. The minimum Gasteiger partial charge on any atom is -0.331 e. The number of nitrogens with one attached hydrogen (secondary N) is 1. The average Bonchev–Trinajstić information content (AvgIpc) is 3.01. The van der Waals surface area contributed by atoms with Gasteiger partial charge in [0.1, 0.15) is 5.69 Å². The second-order valence-electron chi connectivity index (χ2n) is 5.25. The lowest BCUT2D eigenvalue weighted by atomic mass is 10.2. The number of rotatable bonds is 3. The van der Waals surface area contributed by atoms with E-state index in [9.17, 15) is 4.79 Å². The number of hydrogen-bond acceptors (Lipinski definition) is 2. The number of amides is 1. The van der Waals surface area contributed by atoms with Crippen LogP contribution in [0.4, 0.5) is 5.69 Å². The van der Waals surface area contributed by atoms with Crippen LogP contribution < -0.4 is 4.90 Å². The van der Waals surface area contributed by atoms with Crippen LogP contribution in [0, 0.1) is 0 Å². The van der Waals surface area contributed by atoms with Crippen LogP contribution in [0.3, 0.4) is 0 Å². The minimum absolute atomic E-state index is 0.243. The van der Waals surface area contributed by atoms with Gasteiger partial charge in [0.15, 0.2) is 0 Å². The van der Waals surface area contributed by atoms with Crippen molar-refractivity contribution in [3.63, 3.8) is 0 Å². The van der Waals surface area contributed by atoms with Gasteiger partial charge in [0.05, 0.1) is 32.6 Å². The molecule has 21 heavy (non-hydrogen) atoms. The Labute approximate surface area is 133 Å². The van der Waals surface area contributed by atoms with Crippen molar-refractivity contribution in [2.24, 2.45) is 0 Å². The molecule has 1 fully saturated rings. The fourth-order valence-electron chi connectivity index (χ4n) is 2.67. The molecule has 1 N–H and O–H groups in total. The van der Waals surface area contributed by atoms with Crippen molar-refractivity contribution in [2.45, 2.75) is 6.42 Å². The first-order valence-electron chi connectivity index (χ1n) is 7.13. The van der Waals surface area contributed by atoms with Crippen LogP contribution in [-0.4, -0.2) is 37.0 Å². The maximum absolute atomic E-state index is 12.3. The topological polar surface area (TPSA) is 24.8 Å². The Bertz CT molecular complexity index is 589. The molecule has 1 aliphatic heterocycles. The van der Waals surface area contributed by atoms with Crippen LogP contribution in [0.2, 0.25) is 5.02 Å². The summed E-state index contributed by atoms with van der Waals surface area (Å²) in [7, 11) is 0. The molecule has 3 rings (SSSR count). The van der Waals surface area contributed by atoms with Crippen molar-refractivity contribution in [1.82, 2.24) is 4.90 Å². The number of carbonyl (C=O) groups is 1. The van der Waals surface area contributed by atoms with Crippen molar-refractivity contribution in [2.75, 3.05) is 26.2 Å². The van der Waals surface area contributed by atoms with Gasteiger partial charge in [-0.1, -0.05) is 17.7 Å². The van der Waals surface area contributed by atoms with Gasteiger partial charge in [-0.2, -0.15) is 0 Å². The largest absolute Gasteiger partial charge is 0.331 e. The molecule has 5 heteroatoms. The van der Waals surface area contributed by atoms with E-state index in [2.05, 4.69) is 12.1 Å². The molecule has 0 saturated carbocycles. The standard InChI is InChI=1S/C16H17ClN2OS/c17-13-3-5-14(6-4-13)18-7-9-19(10-8-18)16(20)12-15-2-1-11-21-15/h1-6,11H,7-10,12H2/p+1. The van der Waals surface area contributed by atoms with E-state index >= 15 is 0 Å². The predicted octanol–water partition coefficient (Wildman–Crippen LogP) is 2.00. The zero-order valence-electron chi connectivity index (χ0n) is 11.7. The molecule has 1 aliphatic rings. The second-order valence-corrected chi connectivity index (χ2v) is 6.72. The van der Waals surface area contributed by atoms with Gasteiger partial charge in [0.2, 0.25) is 5.91 Å². The number of quaternary nitrogens is 1. The van der Waals surface area contributed by atoms with Gasteiger partial charge in [-0.3, -0.25) is 9.69 Å². The molecule has 110 valence electrons. The molecule has 1 amide bonds. The molecular formula is C16H18ClN2OS+. The van der Waals surface area contributed by atoms with Gasteiger partial charge >= 0.3 is 0 Å². The van der Waals surface area contributed by atoms with E-state index in [0.29, 0.717) is 6.42 Å². The number of carbonyl (C=O) groups excluding carboxylic acids is 1. The Kier molecular flexibility index (Phi) is 4.58. The highest BCUT2D eigenvalue weighted by Gasteiger charge is 2.24. The van der Waals surface area contributed by atoms with E-state index in [4.69, 9.17) is 11.6 Å². The Hall–Kier alpha value is -1.36. The summed E-state index contributed by atoms with van der Waals surface area (Å²) in [6.45, 7) is 3.56. The predicted molar refractivity (Wildman–Crippen MR) is 86.4 cm³/mol. The van der Waals surface area contributed by atoms with E-state index in [0.717, 1.165) is 36.1 Å². The lowest BCUT2D eigenvalue weighted by Crippen LogP contribution is -3.10. The smallest absolute Gasteiger partial charge is 0.228 e. The molecule has 1 aromatic carbocycles. The van der Waals surface area contributed by atoms with Gasteiger partial charge in [0, 0.05) is 22.0 Å². The SMILES string of the molecule is O=C(Cc1cccs1)N1CC[NH+](c2ccc(Cl)cc2)CC1. The highest BCUT2D eigenvalue weighted by Crippen LogP contribution is 2.12. The minimum atomic E-state index is 0.243. The molecule has 0 bridgehead atoms. The Morgan fingerprint density at radius 3 is 2.52 bits per heavy atom. The maximum Gasteiger partial charge on any atom is 0.228 e. The molecule has 0 atom stereocenters. The van der Waals surface area contributed by atoms with E-state index in [1.807, 2.05) is 34.5 Å². The number of piperazine rings is 1. The lowest BCUT2D eigenvalue weighted by molar-refractivity contribution is -0.837. The quantitative estimate of drug-likeness (QED) is 0.919. The summed E-state index contributed by atoms with van der Waals surface area (Å²) in [5.74, 6) is 0.243. The summed E-state index contributed by atoms with van der Waals surface area (Å²) in [5, 5.41) is 2.79. The number of benzene rings is 1. The van der Waals surface area contributed by atoms with Crippen LogP contribution in [0.5, 0.6) is 0 Å². The van der Waals surface area contributed by atoms with Gasteiger partial charge in [-0.05, 0) is 23.6 Å². The van der Waals surface area contributed by atoms with E-state index in [1.54, 1.807) is 11.3 Å². The Morgan fingerprint density at radius 2 is 1.90 bits per heavy atom. The van der Waals surface area contributed by atoms with Gasteiger partial charge < -0.3 is 4.90 Å². The van der Waals surface area contributed by atoms with Crippen LogP contribution in [0.1, 0.15) is 4.88 Å². The van der Waals surface area contributed by atoms with E-state index in [-0.39, 0.29) is 5.91 Å². The van der Waals surface area contributed by atoms with Crippen molar-refractivity contribution in [3.8, 4) is 0 Å². The summed E-state index contributed by atoms with van der Waals surface area (Å²) in [4.78, 5) is 16.8.